The van der Waals surface area contributed by atoms with Gasteiger partial charge in [0.1, 0.15) is 24.0 Å². The van der Waals surface area contributed by atoms with Crippen LogP contribution in [0.4, 0.5) is 0 Å². The zero-order chi connectivity index (χ0) is 20.7. The van der Waals surface area contributed by atoms with Gasteiger partial charge >= 0.3 is 5.97 Å². The van der Waals surface area contributed by atoms with Gasteiger partial charge in [-0.3, -0.25) is 0 Å². The average molecular weight is 380 g/mol. The van der Waals surface area contributed by atoms with Crippen LogP contribution in [0.1, 0.15) is 42.8 Å². The number of benzene rings is 1. The van der Waals surface area contributed by atoms with E-state index in [1.807, 2.05) is 44.2 Å². The van der Waals surface area contributed by atoms with E-state index in [1.54, 1.807) is 19.3 Å². The maximum Gasteiger partial charge on any atom is 0.349 e. The van der Waals surface area contributed by atoms with Crippen LogP contribution in [-0.2, 0) is 22.7 Å². The van der Waals surface area contributed by atoms with Crippen molar-refractivity contribution in [3.63, 3.8) is 0 Å². The van der Waals surface area contributed by atoms with Crippen LogP contribution in [0.25, 0.3) is 6.08 Å². The summed E-state index contributed by atoms with van der Waals surface area (Å²) in [5, 5.41) is 9.43. The van der Waals surface area contributed by atoms with Crippen LogP contribution in [0.5, 0.6) is 5.75 Å². The van der Waals surface area contributed by atoms with Gasteiger partial charge in [-0.25, -0.2) is 4.79 Å². The molecular weight excluding hydrogens is 352 g/mol. The number of esters is 1. The minimum Gasteiger partial charge on any atom is -0.497 e. The molecule has 0 unspecified atom stereocenters. The third-order valence-electron chi connectivity index (χ3n) is 4.69. The monoisotopic (exact) mass is 380 g/mol. The van der Waals surface area contributed by atoms with Crippen molar-refractivity contribution in [2.75, 3.05) is 7.11 Å². The molecule has 0 aliphatic rings. The van der Waals surface area contributed by atoms with E-state index in [0.717, 1.165) is 35.5 Å². The molecule has 1 aromatic carbocycles. The van der Waals surface area contributed by atoms with Crippen LogP contribution < -0.4 is 4.74 Å². The number of carbonyl (C=O) groups excluding carboxylic acids is 1. The van der Waals surface area contributed by atoms with E-state index in [0.29, 0.717) is 11.7 Å². The van der Waals surface area contributed by atoms with Crippen LogP contribution in [-0.4, -0.2) is 17.6 Å². The Morgan fingerprint density at radius 3 is 2.68 bits per heavy atom. The molecular formula is C23H28N2O3. The van der Waals surface area contributed by atoms with Crippen LogP contribution >= 0.6 is 0 Å². The normalized spacial score (nSPS) is 11.4. The van der Waals surface area contributed by atoms with Crippen molar-refractivity contribution in [3.8, 4) is 11.8 Å². The van der Waals surface area contributed by atoms with Crippen molar-refractivity contribution in [1.29, 1.82) is 5.26 Å². The van der Waals surface area contributed by atoms with Crippen molar-refractivity contribution in [2.45, 2.75) is 47.3 Å². The van der Waals surface area contributed by atoms with Crippen molar-refractivity contribution in [3.05, 3.63) is 58.4 Å². The van der Waals surface area contributed by atoms with Crippen molar-refractivity contribution in [2.24, 2.45) is 5.92 Å². The predicted molar refractivity (Wildman–Crippen MR) is 110 cm³/mol. The molecule has 0 saturated carbocycles. The number of aryl methyl sites for hydroxylation is 1. The molecule has 1 heterocycles. The molecule has 148 valence electrons. The Morgan fingerprint density at radius 2 is 2.04 bits per heavy atom. The lowest BCUT2D eigenvalue weighted by Crippen LogP contribution is -2.07. The van der Waals surface area contributed by atoms with Gasteiger partial charge in [-0.05, 0) is 61.6 Å². The molecule has 0 aliphatic heterocycles. The van der Waals surface area contributed by atoms with E-state index in [2.05, 4.69) is 18.4 Å². The number of carbonyl (C=O) groups is 1. The Bertz CT molecular complexity index is 901. The quantitative estimate of drug-likeness (QED) is 0.374. The van der Waals surface area contributed by atoms with Gasteiger partial charge in [-0.2, -0.15) is 5.26 Å². The minimum atomic E-state index is -0.627. The molecule has 0 bridgehead atoms. The van der Waals surface area contributed by atoms with Gasteiger partial charge in [-0.15, -0.1) is 0 Å². The summed E-state index contributed by atoms with van der Waals surface area (Å²) >= 11 is 0. The van der Waals surface area contributed by atoms with Crippen molar-refractivity contribution < 1.29 is 14.3 Å². The van der Waals surface area contributed by atoms with E-state index < -0.39 is 5.97 Å². The lowest BCUT2D eigenvalue weighted by molar-refractivity contribution is -0.139. The van der Waals surface area contributed by atoms with Crippen LogP contribution in [0.3, 0.4) is 0 Å². The molecule has 1 aromatic heterocycles. The number of hydrogen-bond donors (Lipinski definition) is 0. The molecule has 0 atom stereocenters. The Kier molecular flexibility index (Phi) is 7.45. The summed E-state index contributed by atoms with van der Waals surface area (Å²) < 4.78 is 12.7. The second-order valence-corrected chi connectivity index (χ2v) is 7.26. The number of nitriles is 1. The second kappa shape index (κ2) is 9.80. The highest BCUT2D eigenvalue weighted by Gasteiger charge is 2.14. The highest BCUT2D eigenvalue weighted by Crippen LogP contribution is 2.20. The molecule has 0 amide bonds. The Morgan fingerprint density at radius 1 is 1.29 bits per heavy atom. The molecule has 2 rings (SSSR count). The molecule has 0 fully saturated rings. The van der Waals surface area contributed by atoms with E-state index in [1.165, 1.54) is 0 Å². The van der Waals surface area contributed by atoms with Gasteiger partial charge in [0.15, 0.2) is 0 Å². The van der Waals surface area contributed by atoms with Crippen LogP contribution in [0.15, 0.2) is 35.9 Å². The Hall–Kier alpha value is -3.00. The number of nitrogens with zero attached hydrogens (tertiary/aromatic N) is 2. The van der Waals surface area contributed by atoms with Crippen molar-refractivity contribution >= 4 is 12.0 Å². The predicted octanol–water partition coefficient (Wildman–Crippen LogP) is 4.81. The third kappa shape index (κ3) is 5.50. The zero-order valence-corrected chi connectivity index (χ0v) is 17.3. The van der Waals surface area contributed by atoms with Gasteiger partial charge in [0, 0.05) is 17.9 Å². The van der Waals surface area contributed by atoms with E-state index in [-0.39, 0.29) is 12.2 Å². The first-order valence-corrected chi connectivity index (χ1v) is 9.44. The fourth-order valence-corrected chi connectivity index (χ4v) is 2.99. The summed E-state index contributed by atoms with van der Waals surface area (Å²) in [5.41, 5.74) is 3.83. The minimum absolute atomic E-state index is 0.00740. The van der Waals surface area contributed by atoms with Crippen LogP contribution in [0.2, 0.25) is 0 Å². The number of rotatable bonds is 8. The van der Waals surface area contributed by atoms with Gasteiger partial charge in [0.25, 0.3) is 0 Å². The maximum atomic E-state index is 12.4. The standard InChI is InChI=1S/C23H28N2O3/c1-16(2)9-10-25-17(3)11-20(18(25)4)13-21(14-24)23(26)28-15-19-7-6-8-22(12-19)27-5/h6-8,11-13,16H,9-10,15H2,1-5H3/b21-13+. The third-order valence-corrected chi connectivity index (χ3v) is 4.69. The number of methoxy groups -OCH3 is 1. The lowest BCUT2D eigenvalue weighted by Gasteiger charge is -2.11. The van der Waals surface area contributed by atoms with Crippen molar-refractivity contribution in [1.82, 2.24) is 4.57 Å². The summed E-state index contributed by atoms with van der Waals surface area (Å²) in [6.45, 7) is 9.45. The molecule has 0 N–H and O–H groups in total. The summed E-state index contributed by atoms with van der Waals surface area (Å²) in [5.74, 6) is 0.678. The van der Waals surface area contributed by atoms with E-state index in [4.69, 9.17) is 9.47 Å². The molecule has 2 aromatic rings. The van der Waals surface area contributed by atoms with E-state index >= 15 is 0 Å². The highest BCUT2D eigenvalue weighted by atomic mass is 16.5. The summed E-state index contributed by atoms with van der Waals surface area (Å²) in [6.07, 6.45) is 2.69. The molecule has 0 saturated heterocycles. The maximum absolute atomic E-state index is 12.4. The van der Waals surface area contributed by atoms with Gasteiger partial charge in [0.05, 0.1) is 7.11 Å². The summed E-state index contributed by atoms with van der Waals surface area (Å²) in [4.78, 5) is 12.4. The fourth-order valence-electron chi connectivity index (χ4n) is 2.99. The summed E-state index contributed by atoms with van der Waals surface area (Å²) in [6, 6.07) is 11.3. The second-order valence-electron chi connectivity index (χ2n) is 7.26. The molecule has 0 radical (unpaired) electrons. The molecule has 5 heteroatoms. The first kappa shape index (κ1) is 21.3. The lowest BCUT2D eigenvalue weighted by atomic mass is 10.1. The SMILES string of the molecule is COc1cccc(COC(=O)/C(C#N)=C/c2cc(C)n(CCC(C)C)c2C)c1. The number of ether oxygens (including phenoxy) is 2. The van der Waals surface area contributed by atoms with Gasteiger partial charge in [0.2, 0.25) is 0 Å². The largest absolute Gasteiger partial charge is 0.497 e. The molecule has 28 heavy (non-hydrogen) atoms. The van der Waals surface area contributed by atoms with Gasteiger partial charge < -0.3 is 14.0 Å². The first-order chi connectivity index (χ1) is 13.3. The molecule has 0 spiro atoms. The number of hydrogen-bond acceptors (Lipinski definition) is 4. The van der Waals surface area contributed by atoms with E-state index in [9.17, 15) is 10.1 Å². The average Bonchev–Trinajstić information content (AvgIpc) is 2.95. The molecule has 0 aliphatic carbocycles. The Balaban J connectivity index is 2.13. The zero-order valence-electron chi connectivity index (χ0n) is 17.3. The Labute approximate surface area is 167 Å². The van der Waals surface area contributed by atoms with Gasteiger partial charge in [-0.1, -0.05) is 26.0 Å². The highest BCUT2D eigenvalue weighted by molar-refractivity contribution is 5.98. The molecule has 5 nitrogen and oxygen atoms in total. The van der Waals surface area contributed by atoms with Crippen LogP contribution in [0, 0.1) is 31.1 Å². The topological polar surface area (TPSA) is 64.2 Å². The number of aromatic nitrogens is 1. The first-order valence-electron chi connectivity index (χ1n) is 9.44. The smallest absolute Gasteiger partial charge is 0.349 e. The fraction of sp³-hybridized carbons (Fsp3) is 0.391. The summed E-state index contributed by atoms with van der Waals surface area (Å²) in [7, 11) is 1.58.